The molecule has 1 amide bonds. The number of amides is 1. The Morgan fingerprint density at radius 1 is 1.44 bits per heavy atom. The predicted octanol–water partition coefficient (Wildman–Crippen LogP) is 2.58. The number of hydrogen-bond acceptors (Lipinski definition) is 2. The average molecular weight is 246 g/mol. The number of para-hydroxylation sites is 1. The Bertz CT molecular complexity index is 390. The van der Waals surface area contributed by atoms with Crippen LogP contribution in [0.25, 0.3) is 0 Å². The van der Waals surface area contributed by atoms with Crippen LogP contribution >= 0.6 is 0 Å². The van der Waals surface area contributed by atoms with Crippen molar-refractivity contribution in [2.24, 2.45) is 5.92 Å². The van der Waals surface area contributed by atoms with E-state index in [0.717, 1.165) is 25.1 Å². The number of carbonyl (C=O) groups is 1. The van der Waals surface area contributed by atoms with Gasteiger partial charge >= 0.3 is 0 Å². The third-order valence-electron chi connectivity index (χ3n) is 3.35. The quantitative estimate of drug-likeness (QED) is 0.784. The Morgan fingerprint density at radius 2 is 2.22 bits per heavy atom. The van der Waals surface area contributed by atoms with E-state index < -0.39 is 0 Å². The largest absolute Gasteiger partial charge is 0.373 e. The first-order valence-corrected chi connectivity index (χ1v) is 6.79. The second kappa shape index (κ2) is 5.89. The summed E-state index contributed by atoms with van der Waals surface area (Å²) in [4.78, 5) is 12.0. The van der Waals surface area contributed by atoms with Gasteiger partial charge in [-0.1, -0.05) is 32.0 Å². The van der Waals surface area contributed by atoms with Crippen LogP contribution in [0.3, 0.4) is 0 Å². The molecule has 0 fully saturated rings. The molecule has 0 saturated carbocycles. The zero-order valence-corrected chi connectivity index (χ0v) is 11.2. The van der Waals surface area contributed by atoms with Gasteiger partial charge in [0, 0.05) is 18.7 Å². The van der Waals surface area contributed by atoms with E-state index in [1.165, 1.54) is 12.0 Å². The summed E-state index contributed by atoms with van der Waals surface area (Å²) < 4.78 is 0. The number of benzene rings is 1. The number of carbonyl (C=O) groups excluding carboxylic acids is 1. The Labute approximate surface area is 109 Å². The summed E-state index contributed by atoms with van der Waals surface area (Å²) in [6.07, 6.45) is 3.02. The molecule has 2 N–H and O–H groups in total. The van der Waals surface area contributed by atoms with Gasteiger partial charge in [0.05, 0.1) is 0 Å². The van der Waals surface area contributed by atoms with E-state index in [-0.39, 0.29) is 11.9 Å². The topological polar surface area (TPSA) is 41.1 Å². The lowest BCUT2D eigenvalue weighted by molar-refractivity contribution is -0.121. The average Bonchev–Trinajstić information content (AvgIpc) is 2.78. The number of nitrogens with one attached hydrogen (secondary N) is 2. The fourth-order valence-electron chi connectivity index (χ4n) is 2.30. The zero-order valence-electron chi connectivity index (χ0n) is 11.2. The summed E-state index contributed by atoms with van der Waals surface area (Å²) in [6, 6.07) is 8.02. The molecule has 1 heterocycles. The smallest absolute Gasteiger partial charge is 0.242 e. The highest BCUT2D eigenvalue weighted by atomic mass is 16.2. The van der Waals surface area contributed by atoms with E-state index in [9.17, 15) is 4.79 Å². The molecule has 1 aromatic rings. The van der Waals surface area contributed by atoms with Gasteiger partial charge in [-0.2, -0.15) is 0 Å². The number of rotatable bonds is 5. The molecular formula is C15H22N2O. The van der Waals surface area contributed by atoms with E-state index in [4.69, 9.17) is 0 Å². The lowest BCUT2D eigenvalue weighted by atomic mass is 10.1. The van der Waals surface area contributed by atoms with Crippen molar-refractivity contribution < 1.29 is 4.79 Å². The second-order valence-corrected chi connectivity index (χ2v) is 5.39. The Morgan fingerprint density at radius 3 is 2.94 bits per heavy atom. The maximum atomic E-state index is 12.0. The fraction of sp³-hybridized carbons (Fsp3) is 0.533. The summed E-state index contributed by atoms with van der Waals surface area (Å²) >= 11 is 0. The van der Waals surface area contributed by atoms with E-state index in [2.05, 4.69) is 30.5 Å². The maximum Gasteiger partial charge on any atom is 0.242 e. The molecule has 0 saturated heterocycles. The van der Waals surface area contributed by atoms with Gasteiger partial charge in [0.2, 0.25) is 5.91 Å². The van der Waals surface area contributed by atoms with Crippen LogP contribution in [0, 0.1) is 5.92 Å². The van der Waals surface area contributed by atoms with Crippen LogP contribution in [0.1, 0.15) is 32.3 Å². The standard InChI is InChI=1S/C15H22N2O/c1-11(2)6-5-9-16-15(18)14-10-12-7-3-4-8-13(12)17-14/h3-4,7-8,11,14,17H,5-6,9-10H2,1-2H3,(H,16,18). The summed E-state index contributed by atoms with van der Waals surface area (Å²) in [7, 11) is 0. The molecule has 0 spiro atoms. The number of hydrogen-bond donors (Lipinski definition) is 2. The number of anilines is 1. The van der Waals surface area contributed by atoms with Crippen LogP contribution in [-0.4, -0.2) is 18.5 Å². The third kappa shape index (κ3) is 3.25. The van der Waals surface area contributed by atoms with Gasteiger partial charge in [-0.05, 0) is 30.4 Å². The minimum absolute atomic E-state index is 0.0959. The van der Waals surface area contributed by atoms with Gasteiger partial charge in [0.25, 0.3) is 0 Å². The summed E-state index contributed by atoms with van der Waals surface area (Å²) in [6.45, 7) is 5.19. The molecule has 0 radical (unpaired) electrons. The van der Waals surface area contributed by atoms with Crippen molar-refractivity contribution in [1.29, 1.82) is 0 Å². The van der Waals surface area contributed by atoms with Crippen LogP contribution in [0.4, 0.5) is 5.69 Å². The molecule has 1 aliphatic heterocycles. The van der Waals surface area contributed by atoms with E-state index >= 15 is 0 Å². The van der Waals surface area contributed by atoms with Crippen molar-refractivity contribution in [2.75, 3.05) is 11.9 Å². The van der Waals surface area contributed by atoms with E-state index in [0.29, 0.717) is 5.92 Å². The molecule has 2 rings (SSSR count). The normalized spacial score (nSPS) is 17.4. The van der Waals surface area contributed by atoms with E-state index in [1.54, 1.807) is 0 Å². The van der Waals surface area contributed by atoms with Crippen molar-refractivity contribution in [3.63, 3.8) is 0 Å². The van der Waals surface area contributed by atoms with Crippen LogP contribution in [0.15, 0.2) is 24.3 Å². The molecule has 0 aliphatic carbocycles. The highest BCUT2D eigenvalue weighted by Gasteiger charge is 2.25. The Kier molecular flexibility index (Phi) is 4.24. The lowest BCUT2D eigenvalue weighted by Gasteiger charge is -2.12. The van der Waals surface area contributed by atoms with E-state index in [1.807, 2.05) is 18.2 Å². The molecule has 3 heteroatoms. The van der Waals surface area contributed by atoms with Crippen LogP contribution in [0.5, 0.6) is 0 Å². The van der Waals surface area contributed by atoms with Crippen LogP contribution in [-0.2, 0) is 11.2 Å². The number of fused-ring (bicyclic) bond motifs is 1. The molecule has 18 heavy (non-hydrogen) atoms. The summed E-state index contributed by atoms with van der Waals surface area (Å²) in [5.74, 6) is 0.825. The summed E-state index contributed by atoms with van der Waals surface area (Å²) in [5.41, 5.74) is 2.33. The van der Waals surface area contributed by atoms with Crippen molar-refractivity contribution >= 4 is 11.6 Å². The highest BCUT2D eigenvalue weighted by Crippen LogP contribution is 2.24. The zero-order chi connectivity index (χ0) is 13.0. The molecule has 1 aromatic carbocycles. The van der Waals surface area contributed by atoms with Gasteiger partial charge < -0.3 is 10.6 Å². The van der Waals surface area contributed by atoms with Gasteiger partial charge in [0.15, 0.2) is 0 Å². The van der Waals surface area contributed by atoms with Gasteiger partial charge in [-0.25, -0.2) is 0 Å². The van der Waals surface area contributed by atoms with Crippen LogP contribution in [0.2, 0.25) is 0 Å². The summed E-state index contributed by atoms with van der Waals surface area (Å²) in [5, 5.41) is 6.29. The Hall–Kier alpha value is -1.51. The fourth-order valence-corrected chi connectivity index (χ4v) is 2.30. The van der Waals surface area contributed by atoms with Gasteiger partial charge in [-0.3, -0.25) is 4.79 Å². The maximum absolute atomic E-state index is 12.0. The second-order valence-electron chi connectivity index (χ2n) is 5.39. The lowest BCUT2D eigenvalue weighted by Crippen LogP contribution is -2.38. The molecule has 1 unspecified atom stereocenters. The predicted molar refractivity (Wildman–Crippen MR) is 74.6 cm³/mol. The molecule has 98 valence electrons. The van der Waals surface area contributed by atoms with Crippen molar-refractivity contribution in [3.8, 4) is 0 Å². The first-order chi connectivity index (χ1) is 8.66. The van der Waals surface area contributed by atoms with Crippen molar-refractivity contribution in [1.82, 2.24) is 5.32 Å². The first-order valence-electron chi connectivity index (χ1n) is 6.79. The van der Waals surface area contributed by atoms with Gasteiger partial charge in [-0.15, -0.1) is 0 Å². The molecule has 3 nitrogen and oxygen atoms in total. The third-order valence-corrected chi connectivity index (χ3v) is 3.35. The van der Waals surface area contributed by atoms with Gasteiger partial charge in [0.1, 0.15) is 6.04 Å². The minimum atomic E-state index is -0.0959. The molecule has 1 atom stereocenters. The molecule has 0 bridgehead atoms. The molecule has 0 aromatic heterocycles. The Balaban J connectivity index is 1.76. The first kappa shape index (κ1) is 12.9. The SMILES string of the molecule is CC(C)CCCNC(=O)C1Cc2ccccc2N1. The van der Waals surface area contributed by atoms with Crippen LogP contribution < -0.4 is 10.6 Å². The molecular weight excluding hydrogens is 224 g/mol. The van der Waals surface area contributed by atoms with Crippen molar-refractivity contribution in [2.45, 2.75) is 39.2 Å². The minimum Gasteiger partial charge on any atom is -0.373 e. The van der Waals surface area contributed by atoms with Crippen molar-refractivity contribution in [3.05, 3.63) is 29.8 Å². The molecule has 1 aliphatic rings. The highest BCUT2D eigenvalue weighted by molar-refractivity contribution is 5.87. The monoisotopic (exact) mass is 246 g/mol.